The Balaban J connectivity index is 2.09. The van der Waals surface area contributed by atoms with Crippen LogP contribution in [0.1, 0.15) is 44.7 Å². The molecular weight excluding hydrogens is 300 g/mol. The van der Waals surface area contributed by atoms with Gasteiger partial charge in [-0.25, -0.2) is 13.1 Å². The van der Waals surface area contributed by atoms with Crippen molar-refractivity contribution in [3.63, 3.8) is 0 Å². The topological polar surface area (TPSA) is 78.4 Å². The summed E-state index contributed by atoms with van der Waals surface area (Å²) in [5, 5.41) is 13.2. The lowest BCUT2D eigenvalue weighted by Gasteiger charge is -2.32. The lowest BCUT2D eigenvalue weighted by atomic mass is 9.85. The zero-order chi connectivity index (χ0) is 16.4. The molecule has 0 aliphatic heterocycles. The van der Waals surface area contributed by atoms with Gasteiger partial charge >= 0.3 is 0 Å². The van der Waals surface area contributed by atoms with Crippen molar-refractivity contribution in [2.24, 2.45) is 5.41 Å². The second kappa shape index (κ2) is 6.66. The molecule has 6 heteroatoms. The van der Waals surface area contributed by atoms with Crippen LogP contribution < -0.4 is 10.0 Å². The first-order valence-electron chi connectivity index (χ1n) is 7.73. The van der Waals surface area contributed by atoms with Crippen molar-refractivity contribution >= 4 is 10.0 Å². The van der Waals surface area contributed by atoms with E-state index in [9.17, 15) is 13.5 Å². The van der Waals surface area contributed by atoms with E-state index in [1.54, 1.807) is 12.1 Å². The first-order valence-corrected chi connectivity index (χ1v) is 9.21. The smallest absolute Gasteiger partial charge is 0.240 e. The van der Waals surface area contributed by atoms with Gasteiger partial charge in [-0.05, 0) is 44.5 Å². The van der Waals surface area contributed by atoms with Crippen LogP contribution in [0.4, 0.5) is 0 Å². The first-order chi connectivity index (χ1) is 10.3. The fourth-order valence-electron chi connectivity index (χ4n) is 3.16. The van der Waals surface area contributed by atoms with Crippen LogP contribution in [-0.4, -0.2) is 33.2 Å². The molecule has 0 radical (unpaired) electrons. The number of hydrogen-bond donors (Lipinski definition) is 3. The zero-order valence-electron chi connectivity index (χ0n) is 13.5. The number of aliphatic hydroxyl groups excluding tert-OH is 1. The molecule has 1 aliphatic carbocycles. The van der Waals surface area contributed by atoms with Gasteiger partial charge in [0.2, 0.25) is 10.0 Å². The highest BCUT2D eigenvalue weighted by Crippen LogP contribution is 2.38. The Bertz CT molecular complexity index is 600. The van der Waals surface area contributed by atoms with Gasteiger partial charge in [0.15, 0.2) is 0 Å². The van der Waals surface area contributed by atoms with E-state index in [1.165, 1.54) is 7.05 Å². The van der Waals surface area contributed by atoms with Crippen LogP contribution in [0, 0.1) is 5.41 Å². The molecule has 22 heavy (non-hydrogen) atoms. The maximum atomic E-state index is 11.7. The molecule has 0 amide bonds. The molecule has 0 bridgehead atoms. The monoisotopic (exact) mass is 326 g/mol. The van der Waals surface area contributed by atoms with Crippen molar-refractivity contribution in [2.45, 2.75) is 50.1 Å². The quantitative estimate of drug-likeness (QED) is 0.745. The van der Waals surface area contributed by atoms with Gasteiger partial charge in [-0.1, -0.05) is 25.5 Å². The molecule has 1 saturated carbocycles. The summed E-state index contributed by atoms with van der Waals surface area (Å²) in [5.41, 5.74) is 0.978. The summed E-state index contributed by atoms with van der Waals surface area (Å²) in [6.45, 7) is 4.38. The molecule has 0 aromatic heterocycles. The average Bonchev–Trinajstić information content (AvgIpc) is 2.89. The molecule has 1 aliphatic rings. The van der Waals surface area contributed by atoms with Gasteiger partial charge in [-0.3, -0.25) is 0 Å². The van der Waals surface area contributed by atoms with Crippen molar-refractivity contribution in [1.82, 2.24) is 10.0 Å². The van der Waals surface area contributed by atoms with E-state index in [2.05, 4.69) is 23.9 Å². The predicted octanol–water partition coefficient (Wildman–Crippen LogP) is 1.80. The van der Waals surface area contributed by atoms with Crippen LogP contribution in [0.5, 0.6) is 0 Å². The lowest BCUT2D eigenvalue weighted by molar-refractivity contribution is 0.114. The van der Waals surface area contributed by atoms with E-state index in [4.69, 9.17) is 0 Å². The number of aliphatic hydroxyl groups is 1. The molecule has 0 spiro atoms. The highest BCUT2D eigenvalue weighted by molar-refractivity contribution is 7.89. The van der Waals surface area contributed by atoms with Gasteiger partial charge < -0.3 is 10.4 Å². The highest BCUT2D eigenvalue weighted by Gasteiger charge is 2.38. The van der Waals surface area contributed by atoms with E-state index >= 15 is 0 Å². The first kappa shape index (κ1) is 17.4. The Morgan fingerprint density at radius 1 is 1.36 bits per heavy atom. The summed E-state index contributed by atoms with van der Waals surface area (Å²) in [4.78, 5) is 0.270. The molecule has 124 valence electrons. The van der Waals surface area contributed by atoms with E-state index in [0.717, 1.165) is 24.8 Å². The fraction of sp³-hybridized carbons (Fsp3) is 0.625. The van der Waals surface area contributed by atoms with Crippen LogP contribution >= 0.6 is 0 Å². The van der Waals surface area contributed by atoms with E-state index < -0.39 is 10.0 Å². The Labute approximate surface area is 133 Å². The minimum atomic E-state index is -3.39. The predicted molar refractivity (Wildman–Crippen MR) is 87.1 cm³/mol. The van der Waals surface area contributed by atoms with Gasteiger partial charge in [0, 0.05) is 24.1 Å². The number of nitrogens with one attached hydrogen (secondary N) is 2. The number of hydrogen-bond acceptors (Lipinski definition) is 4. The molecule has 3 atom stereocenters. The maximum absolute atomic E-state index is 11.7. The van der Waals surface area contributed by atoms with Crippen molar-refractivity contribution in [1.29, 1.82) is 0 Å². The van der Waals surface area contributed by atoms with Gasteiger partial charge in [0.1, 0.15) is 0 Å². The molecule has 3 N–H and O–H groups in total. The standard InChI is InChI=1S/C16H26N2O3S/c1-12(18-15-5-4-10-16(15,2)11-19)13-6-8-14(9-7-13)22(20,21)17-3/h6-9,12,15,17-19H,4-5,10-11H2,1-3H3. The van der Waals surface area contributed by atoms with Crippen LogP contribution in [0.2, 0.25) is 0 Å². The van der Waals surface area contributed by atoms with Crippen LogP contribution in [0.25, 0.3) is 0 Å². The van der Waals surface area contributed by atoms with Gasteiger partial charge in [-0.15, -0.1) is 0 Å². The Morgan fingerprint density at radius 2 is 2.00 bits per heavy atom. The van der Waals surface area contributed by atoms with Crippen LogP contribution in [0.3, 0.4) is 0 Å². The molecule has 5 nitrogen and oxygen atoms in total. The van der Waals surface area contributed by atoms with Crippen molar-refractivity contribution in [3.05, 3.63) is 29.8 Å². The molecule has 1 aromatic carbocycles. The largest absolute Gasteiger partial charge is 0.396 e. The minimum absolute atomic E-state index is 0.0658. The van der Waals surface area contributed by atoms with Crippen molar-refractivity contribution in [3.8, 4) is 0 Å². The van der Waals surface area contributed by atoms with Crippen LogP contribution in [0.15, 0.2) is 29.2 Å². The number of benzene rings is 1. The van der Waals surface area contributed by atoms with Crippen LogP contribution in [-0.2, 0) is 10.0 Å². The van der Waals surface area contributed by atoms with Gasteiger partial charge in [0.05, 0.1) is 4.90 Å². The van der Waals surface area contributed by atoms with Crippen molar-refractivity contribution < 1.29 is 13.5 Å². The van der Waals surface area contributed by atoms with E-state index in [0.29, 0.717) is 0 Å². The van der Waals surface area contributed by atoms with Gasteiger partial charge in [-0.2, -0.15) is 0 Å². The average molecular weight is 326 g/mol. The Kier molecular flexibility index (Phi) is 5.27. The number of sulfonamides is 1. The van der Waals surface area contributed by atoms with Gasteiger partial charge in [0.25, 0.3) is 0 Å². The SMILES string of the molecule is CNS(=O)(=O)c1ccc(C(C)NC2CCCC2(C)CO)cc1. The fourth-order valence-corrected chi connectivity index (χ4v) is 3.89. The molecule has 0 saturated heterocycles. The molecule has 2 rings (SSSR count). The summed E-state index contributed by atoms with van der Waals surface area (Å²) in [5.74, 6) is 0. The molecule has 1 fully saturated rings. The summed E-state index contributed by atoms with van der Waals surface area (Å²) >= 11 is 0. The maximum Gasteiger partial charge on any atom is 0.240 e. The molecule has 3 unspecified atom stereocenters. The van der Waals surface area contributed by atoms with Crippen molar-refractivity contribution in [2.75, 3.05) is 13.7 Å². The van der Waals surface area contributed by atoms with E-state index in [1.807, 2.05) is 12.1 Å². The molecule has 0 heterocycles. The molecular formula is C16H26N2O3S. The third kappa shape index (κ3) is 3.51. The summed E-state index contributed by atoms with van der Waals surface area (Å²) < 4.78 is 25.8. The second-order valence-corrected chi connectivity index (χ2v) is 8.31. The number of rotatable bonds is 6. The Morgan fingerprint density at radius 3 is 2.55 bits per heavy atom. The summed E-state index contributed by atoms with van der Waals surface area (Å²) in [7, 11) is -1.98. The summed E-state index contributed by atoms with van der Waals surface area (Å²) in [6.07, 6.45) is 3.22. The Hall–Kier alpha value is -0.950. The normalized spacial score (nSPS) is 27.0. The third-order valence-corrected chi connectivity index (χ3v) is 6.28. The summed E-state index contributed by atoms with van der Waals surface area (Å²) in [6, 6.07) is 7.33. The highest BCUT2D eigenvalue weighted by atomic mass is 32.2. The van der Waals surface area contributed by atoms with E-state index in [-0.39, 0.29) is 29.0 Å². The minimum Gasteiger partial charge on any atom is -0.396 e. The third-order valence-electron chi connectivity index (χ3n) is 4.85. The lowest BCUT2D eigenvalue weighted by Crippen LogP contribution is -2.42. The molecule has 1 aromatic rings. The second-order valence-electron chi connectivity index (χ2n) is 6.42. The zero-order valence-corrected chi connectivity index (χ0v) is 14.3.